The average molecular weight is 281 g/mol. The summed E-state index contributed by atoms with van der Waals surface area (Å²) >= 11 is 0. The lowest BCUT2D eigenvalue weighted by atomic mass is 10.2. The third-order valence-corrected chi connectivity index (χ3v) is 2.20. The van der Waals surface area contributed by atoms with Crippen LogP contribution in [0.1, 0.15) is 34.1 Å². The Morgan fingerprint density at radius 3 is 2.05 bits per heavy atom. The highest BCUT2D eigenvalue weighted by molar-refractivity contribution is 5.75. The first-order valence-electron chi connectivity index (χ1n) is 6.48. The molecule has 4 unspecified atom stereocenters. The maximum absolute atomic E-state index is 11.2. The molecule has 19 heavy (non-hydrogen) atoms. The van der Waals surface area contributed by atoms with Crippen LogP contribution in [-0.4, -0.2) is 64.1 Å². The first-order valence-corrected chi connectivity index (χ1v) is 6.48. The lowest BCUT2D eigenvalue weighted by molar-refractivity contribution is -0.156. The summed E-state index contributed by atoms with van der Waals surface area (Å²) in [5.41, 5.74) is 0. The molecule has 0 heterocycles. The molecule has 0 rings (SSSR count). The summed E-state index contributed by atoms with van der Waals surface area (Å²) < 4.78 is 5.14. The van der Waals surface area contributed by atoms with Gasteiger partial charge in [-0.2, -0.15) is 0 Å². The van der Waals surface area contributed by atoms with Crippen LogP contribution in [0.2, 0.25) is 0 Å². The molecule has 0 aromatic carbocycles. The normalized spacial score (nSPS) is 16.6. The Bertz CT molecular complexity index is 224. The fourth-order valence-corrected chi connectivity index (χ4v) is 1.07. The molecule has 0 radical (unpaired) electrons. The van der Waals surface area contributed by atoms with Gasteiger partial charge in [-0.1, -0.05) is 20.8 Å². The van der Waals surface area contributed by atoms with E-state index in [-0.39, 0.29) is 12.3 Å². The van der Waals surface area contributed by atoms with E-state index in [1.54, 1.807) is 6.92 Å². The number of hydrogen-bond acceptors (Lipinski definition) is 6. The third-order valence-electron chi connectivity index (χ3n) is 2.20. The number of aliphatic hydroxyl groups is 4. The number of aliphatic hydroxyl groups excluding tert-OH is 4. The molecule has 1 amide bonds. The zero-order valence-electron chi connectivity index (χ0n) is 12.0. The number of rotatable bonds is 8. The van der Waals surface area contributed by atoms with E-state index in [1.165, 1.54) is 6.92 Å². The second-order valence-corrected chi connectivity index (χ2v) is 3.69. The summed E-state index contributed by atoms with van der Waals surface area (Å²) in [5.74, 6) is -0.371. The van der Waals surface area contributed by atoms with Gasteiger partial charge in [0.25, 0.3) is 0 Å². The first kappa shape index (κ1) is 20.6. The van der Waals surface area contributed by atoms with Gasteiger partial charge in [-0.15, -0.1) is 0 Å². The maximum Gasteiger partial charge on any atom is 0.221 e. The molecule has 0 fully saturated rings. The van der Waals surface area contributed by atoms with Crippen molar-refractivity contribution in [2.24, 2.45) is 0 Å². The first-order chi connectivity index (χ1) is 8.96. The smallest absolute Gasteiger partial charge is 0.221 e. The monoisotopic (exact) mass is 281 g/mol. The second-order valence-electron chi connectivity index (χ2n) is 3.69. The molecule has 0 saturated carbocycles. The van der Waals surface area contributed by atoms with Crippen LogP contribution in [-0.2, 0) is 9.53 Å². The van der Waals surface area contributed by atoms with E-state index in [1.807, 2.05) is 13.8 Å². The van der Waals surface area contributed by atoms with Crippen LogP contribution in [0.4, 0.5) is 0 Å². The van der Waals surface area contributed by atoms with Crippen molar-refractivity contribution in [1.29, 1.82) is 0 Å². The van der Waals surface area contributed by atoms with Crippen molar-refractivity contribution < 1.29 is 30.0 Å². The van der Waals surface area contributed by atoms with E-state index in [9.17, 15) is 15.0 Å². The standard InChI is InChI=1S/C10H21NO6.C2H6/c1-3-9(16)11-10(7(15)4-12)17-8(5-13)6(2)14;1-2/h6-8,10,12-15H,3-5H2,1-2H3,(H,11,16);1-2H3. The zero-order valence-corrected chi connectivity index (χ0v) is 12.0. The fraction of sp³-hybridized carbons (Fsp3) is 0.917. The number of hydrogen-bond donors (Lipinski definition) is 5. The lowest BCUT2D eigenvalue weighted by Crippen LogP contribution is -2.50. The quantitative estimate of drug-likeness (QED) is 0.363. The Kier molecular flexibility index (Phi) is 13.3. The topological polar surface area (TPSA) is 119 Å². The van der Waals surface area contributed by atoms with Crippen LogP contribution in [0.5, 0.6) is 0 Å². The molecule has 116 valence electrons. The number of amides is 1. The second kappa shape index (κ2) is 12.3. The van der Waals surface area contributed by atoms with E-state index < -0.39 is 37.8 Å². The van der Waals surface area contributed by atoms with E-state index >= 15 is 0 Å². The van der Waals surface area contributed by atoms with Gasteiger partial charge in [-0.05, 0) is 6.92 Å². The van der Waals surface area contributed by atoms with Gasteiger partial charge in [0, 0.05) is 6.42 Å². The molecule has 0 saturated heterocycles. The molecule has 0 aliphatic carbocycles. The van der Waals surface area contributed by atoms with Gasteiger partial charge in [-0.3, -0.25) is 4.79 Å². The van der Waals surface area contributed by atoms with E-state index in [0.29, 0.717) is 0 Å². The molecular formula is C12H27NO6. The minimum atomic E-state index is -1.32. The summed E-state index contributed by atoms with van der Waals surface area (Å²) in [7, 11) is 0. The van der Waals surface area contributed by atoms with E-state index in [2.05, 4.69) is 5.32 Å². The van der Waals surface area contributed by atoms with Crippen LogP contribution >= 0.6 is 0 Å². The highest BCUT2D eigenvalue weighted by Crippen LogP contribution is 2.05. The molecule has 5 N–H and O–H groups in total. The number of ether oxygens (including phenoxy) is 1. The third kappa shape index (κ3) is 8.90. The summed E-state index contributed by atoms with van der Waals surface area (Å²) in [5, 5.41) is 38.8. The molecule has 0 spiro atoms. The molecule has 0 aromatic rings. The van der Waals surface area contributed by atoms with Crippen molar-refractivity contribution in [2.75, 3.05) is 13.2 Å². The van der Waals surface area contributed by atoms with Crippen molar-refractivity contribution in [3.63, 3.8) is 0 Å². The molecule has 0 aliphatic heterocycles. The Hall–Kier alpha value is -0.730. The number of nitrogens with one attached hydrogen (secondary N) is 1. The van der Waals surface area contributed by atoms with E-state index in [4.69, 9.17) is 14.9 Å². The zero-order chi connectivity index (χ0) is 15.4. The van der Waals surface area contributed by atoms with Crippen LogP contribution in [0, 0.1) is 0 Å². The van der Waals surface area contributed by atoms with Crippen molar-refractivity contribution in [1.82, 2.24) is 5.32 Å². The Morgan fingerprint density at radius 1 is 1.21 bits per heavy atom. The minimum Gasteiger partial charge on any atom is -0.394 e. The molecule has 0 aromatic heterocycles. The summed E-state index contributed by atoms with van der Waals surface area (Å²) in [6.07, 6.45) is -4.21. The fourth-order valence-electron chi connectivity index (χ4n) is 1.07. The largest absolute Gasteiger partial charge is 0.394 e. The van der Waals surface area contributed by atoms with Crippen molar-refractivity contribution in [2.45, 2.75) is 58.7 Å². The van der Waals surface area contributed by atoms with Gasteiger partial charge in [0.1, 0.15) is 12.2 Å². The summed E-state index contributed by atoms with van der Waals surface area (Å²) in [6, 6.07) is 0. The van der Waals surface area contributed by atoms with Crippen LogP contribution in [0.15, 0.2) is 0 Å². The van der Waals surface area contributed by atoms with Crippen molar-refractivity contribution in [3.05, 3.63) is 0 Å². The Labute approximate surface area is 114 Å². The van der Waals surface area contributed by atoms with Crippen LogP contribution < -0.4 is 5.32 Å². The van der Waals surface area contributed by atoms with Crippen molar-refractivity contribution in [3.8, 4) is 0 Å². The predicted octanol–water partition coefficient (Wildman–Crippen LogP) is -1.02. The maximum atomic E-state index is 11.2. The highest BCUT2D eigenvalue weighted by atomic mass is 16.5. The van der Waals surface area contributed by atoms with Gasteiger partial charge in [-0.25, -0.2) is 0 Å². The molecule has 0 bridgehead atoms. The molecule has 7 heteroatoms. The Balaban J connectivity index is 0. The van der Waals surface area contributed by atoms with Gasteiger partial charge in [0.2, 0.25) is 5.91 Å². The average Bonchev–Trinajstić information content (AvgIpc) is 2.43. The number of carbonyl (C=O) groups excluding carboxylic acids is 1. The molecule has 4 atom stereocenters. The number of carbonyl (C=O) groups is 1. The molecule has 0 aliphatic rings. The SMILES string of the molecule is CC.CCC(=O)NC(OC(CO)C(C)O)C(O)CO. The lowest BCUT2D eigenvalue weighted by Gasteiger charge is -2.28. The van der Waals surface area contributed by atoms with Gasteiger partial charge >= 0.3 is 0 Å². The predicted molar refractivity (Wildman–Crippen MR) is 70.3 cm³/mol. The minimum absolute atomic E-state index is 0.191. The summed E-state index contributed by atoms with van der Waals surface area (Å²) in [6.45, 7) is 5.96. The Morgan fingerprint density at radius 2 is 1.74 bits per heavy atom. The molecule has 7 nitrogen and oxygen atoms in total. The molecular weight excluding hydrogens is 254 g/mol. The van der Waals surface area contributed by atoms with Crippen LogP contribution in [0.3, 0.4) is 0 Å². The van der Waals surface area contributed by atoms with Gasteiger partial charge < -0.3 is 30.5 Å². The highest BCUT2D eigenvalue weighted by Gasteiger charge is 2.26. The summed E-state index contributed by atoms with van der Waals surface area (Å²) in [4.78, 5) is 11.2. The van der Waals surface area contributed by atoms with Gasteiger partial charge in [0.15, 0.2) is 6.23 Å². The van der Waals surface area contributed by atoms with Gasteiger partial charge in [0.05, 0.1) is 19.3 Å². The van der Waals surface area contributed by atoms with Crippen molar-refractivity contribution >= 4 is 5.91 Å². The van der Waals surface area contributed by atoms with Crippen LogP contribution in [0.25, 0.3) is 0 Å². The van der Waals surface area contributed by atoms with E-state index in [0.717, 1.165) is 0 Å².